The summed E-state index contributed by atoms with van der Waals surface area (Å²) in [4.78, 5) is 0. The fourth-order valence-electron chi connectivity index (χ4n) is 0.730. The Kier molecular flexibility index (Phi) is 3.51. The minimum atomic E-state index is 0.303. The maximum Gasteiger partial charge on any atom is 0.139 e. The van der Waals surface area contributed by atoms with Gasteiger partial charge in [-0.3, -0.25) is 0 Å². The first-order chi connectivity index (χ1) is 5.66. The fourth-order valence-corrected chi connectivity index (χ4v) is 1.31. The van der Waals surface area contributed by atoms with Crippen LogP contribution in [0.5, 0.6) is 5.75 Å². The first-order valence-corrected chi connectivity index (χ1v) is 4.35. The summed E-state index contributed by atoms with van der Waals surface area (Å²) in [6.45, 7) is 3.82. The van der Waals surface area contributed by atoms with Crippen molar-refractivity contribution in [3.05, 3.63) is 34.1 Å². The van der Waals surface area contributed by atoms with Gasteiger partial charge >= 0.3 is 0 Å². The number of benzene rings is 1. The van der Waals surface area contributed by atoms with Gasteiger partial charge in [0.25, 0.3) is 0 Å². The van der Waals surface area contributed by atoms with Crippen LogP contribution in [-0.4, -0.2) is 6.61 Å². The van der Waals surface area contributed by atoms with Crippen molar-refractivity contribution in [2.45, 2.75) is 0 Å². The molecule has 1 aromatic carbocycles. The summed E-state index contributed by atoms with van der Waals surface area (Å²) in [5, 5.41) is 1.05. The largest absolute Gasteiger partial charge is 0.492 e. The Morgan fingerprint density at radius 1 is 1.17 bits per heavy atom. The van der Waals surface area contributed by atoms with Crippen LogP contribution < -0.4 is 4.74 Å². The van der Waals surface area contributed by atoms with Gasteiger partial charge in [-0.1, -0.05) is 34.8 Å². The monoisotopic (exact) mass is 223 g/mol. The van der Waals surface area contributed by atoms with Gasteiger partial charge in [-0.25, -0.2) is 0 Å². The maximum atomic E-state index is 5.81. The van der Waals surface area contributed by atoms with Crippen LogP contribution in [-0.2, 0) is 0 Å². The van der Waals surface area contributed by atoms with Crippen LogP contribution >= 0.6 is 34.8 Å². The van der Waals surface area contributed by atoms with Crippen molar-refractivity contribution < 1.29 is 4.74 Å². The van der Waals surface area contributed by atoms with E-state index in [0.717, 1.165) is 0 Å². The summed E-state index contributed by atoms with van der Waals surface area (Å²) < 4.78 is 5.09. The quantitative estimate of drug-likeness (QED) is 0.693. The highest BCUT2D eigenvalue weighted by atomic mass is 35.5. The zero-order valence-corrected chi connectivity index (χ0v) is 8.38. The second-order valence-electron chi connectivity index (χ2n) is 2.02. The van der Waals surface area contributed by atoms with Crippen LogP contribution in [0.15, 0.2) is 12.1 Å². The molecule has 0 fully saturated rings. The van der Waals surface area contributed by atoms with E-state index in [4.69, 9.17) is 39.5 Å². The van der Waals surface area contributed by atoms with Crippen LogP contribution in [0.3, 0.4) is 0 Å². The SMILES string of the molecule is [CH2]COc1ccc(Cl)c(Cl)c1Cl. The lowest BCUT2D eigenvalue weighted by molar-refractivity contribution is 0.361. The molecule has 0 aliphatic carbocycles. The molecule has 4 heteroatoms. The summed E-state index contributed by atoms with van der Waals surface area (Å²) in [6, 6.07) is 3.28. The van der Waals surface area contributed by atoms with Gasteiger partial charge in [0, 0.05) is 0 Å². The molecular formula is C8H6Cl3O. The number of ether oxygens (including phenoxy) is 1. The van der Waals surface area contributed by atoms with E-state index >= 15 is 0 Å². The Hall–Kier alpha value is -0.110. The molecule has 0 spiro atoms. The first kappa shape index (κ1) is 9.97. The molecule has 0 bridgehead atoms. The van der Waals surface area contributed by atoms with E-state index in [1.165, 1.54) is 0 Å². The lowest BCUT2D eigenvalue weighted by atomic mass is 10.3. The Morgan fingerprint density at radius 3 is 2.42 bits per heavy atom. The smallest absolute Gasteiger partial charge is 0.139 e. The predicted octanol–water partition coefficient (Wildman–Crippen LogP) is 3.86. The lowest BCUT2D eigenvalue weighted by Crippen LogP contribution is -1.92. The van der Waals surface area contributed by atoms with Crippen molar-refractivity contribution >= 4 is 34.8 Å². The van der Waals surface area contributed by atoms with E-state index in [1.807, 2.05) is 0 Å². The minimum absolute atomic E-state index is 0.303. The molecule has 0 unspecified atom stereocenters. The molecule has 0 aliphatic heterocycles. The molecule has 0 atom stereocenters. The normalized spacial score (nSPS) is 10.0. The van der Waals surface area contributed by atoms with Crippen LogP contribution in [0.1, 0.15) is 0 Å². The van der Waals surface area contributed by atoms with E-state index in [0.29, 0.717) is 27.4 Å². The van der Waals surface area contributed by atoms with E-state index in [-0.39, 0.29) is 0 Å². The average molecular weight is 224 g/mol. The number of halogens is 3. The van der Waals surface area contributed by atoms with Crippen LogP contribution in [0.4, 0.5) is 0 Å². The zero-order valence-electron chi connectivity index (χ0n) is 6.11. The molecule has 0 amide bonds. The summed E-state index contributed by atoms with van der Waals surface area (Å²) in [5.41, 5.74) is 0. The van der Waals surface area contributed by atoms with E-state index < -0.39 is 0 Å². The Balaban J connectivity index is 3.08. The van der Waals surface area contributed by atoms with E-state index in [1.54, 1.807) is 12.1 Å². The molecule has 1 radical (unpaired) electrons. The third-order valence-electron chi connectivity index (χ3n) is 1.26. The molecule has 0 aliphatic rings. The Morgan fingerprint density at radius 2 is 1.83 bits per heavy atom. The summed E-state index contributed by atoms with van der Waals surface area (Å²) >= 11 is 17.3. The highest BCUT2D eigenvalue weighted by Crippen LogP contribution is 2.36. The van der Waals surface area contributed by atoms with Gasteiger partial charge in [0.05, 0.1) is 16.7 Å². The molecule has 0 saturated carbocycles. The van der Waals surface area contributed by atoms with E-state index in [9.17, 15) is 0 Å². The number of rotatable bonds is 2. The van der Waals surface area contributed by atoms with Crippen molar-refractivity contribution in [3.8, 4) is 5.75 Å². The molecule has 12 heavy (non-hydrogen) atoms. The highest BCUT2D eigenvalue weighted by molar-refractivity contribution is 6.48. The molecule has 0 N–H and O–H groups in total. The minimum Gasteiger partial charge on any atom is -0.492 e. The molecule has 65 valence electrons. The van der Waals surface area contributed by atoms with Gasteiger partial charge in [0.1, 0.15) is 10.8 Å². The fraction of sp³-hybridized carbons (Fsp3) is 0.125. The van der Waals surface area contributed by atoms with Crippen molar-refractivity contribution in [1.29, 1.82) is 0 Å². The zero-order chi connectivity index (χ0) is 9.14. The van der Waals surface area contributed by atoms with Gasteiger partial charge in [-0.15, -0.1) is 0 Å². The molecule has 1 rings (SSSR count). The molecule has 1 aromatic rings. The second-order valence-corrected chi connectivity index (χ2v) is 3.19. The van der Waals surface area contributed by atoms with Crippen molar-refractivity contribution in [1.82, 2.24) is 0 Å². The lowest BCUT2D eigenvalue weighted by Gasteiger charge is -2.06. The molecule has 0 saturated heterocycles. The van der Waals surface area contributed by atoms with Gasteiger partial charge in [0.15, 0.2) is 0 Å². The van der Waals surface area contributed by atoms with Gasteiger partial charge in [-0.05, 0) is 19.1 Å². The molecular weight excluding hydrogens is 218 g/mol. The number of hydrogen-bond acceptors (Lipinski definition) is 1. The predicted molar refractivity (Wildman–Crippen MR) is 52.3 cm³/mol. The number of hydrogen-bond donors (Lipinski definition) is 0. The Bertz CT molecular complexity index is 286. The standard InChI is InChI=1S/C8H6Cl3O/c1-2-12-6-4-3-5(9)7(10)8(6)11/h3-4H,1-2H2. The van der Waals surface area contributed by atoms with E-state index in [2.05, 4.69) is 6.92 Å². The van der Waals surface area contributed by atoms with Crippen LogP contribution in [0.25, 0.3) is 0 Å². The van der Waals surface area contributed by atoms with Crippen molar-refractivity contribution in [3.63, 3.8) is 0 Å². The highest BCUT2D eigenvalue weighted by Gasteiger charge is 2.08. The van der Waals surface area contributed by atoms with Crippen molar-refractivity contribution in [2.75, 3.05) is 6.61 Å². The van der Waals surface area contributed by atoms with Crippen molar-refractivity contribution in [2.24, 2.45) is 0 Å². The van der Waals surface area contributed by atoms with Gasteiger partial charge < -0.3 is 4.74 Å². The molecule has 0 heterocycles. The summed E-state index contributed by atoms with van der Waals surface area (Å²) in [5.74, 6) is 0.501. The van der Waals surface area contributed by atoms with Gasteiger partial charge in [-0.2, -0.15) is 0 Å². The second kappa shape index (κ2) is 4.22. The summed E-state index contributed by atoms with van der Waals surface area (Å²) in [6.07, 6.45) is 0. The summed E-state index contributed by atoms with van der Waals surface area (Å²) in [7, 11) is 0. The molecule has 1 nitrogen and oxygen atoms in total. The van der Waals surface area contributed by atoms with Crippen LogP contribution in [0, 0.1) is 6.92 Å². The first-order valence-electron chi connectivity index (χ1n) is 3.22. The third-order valence-corrected chi connectivity index (χ3v) is 2.53. The topological polar surface area (TPSA) is 9.23 Å². The average Bonchev–Trinajstić information content (AvgIpc) is 2.07. The van der Waals surface area contributed by atoms with Crippen LogP contribution in [0.2, 0.25) is 15.1 Å². The Labute approximate surface area is 86.2 Å². The maximum absolute atomic E-state index is 5.81. The molecule has 0 aromatic heterocycles. The van der Waals surface area contributed by atoms with Gasteiger partial charge in [0.2, 0.25) is 0 Å². The third kappa shape index (κ3) is 1.98.